The van der Waals surface area contributed by atoms with Crippen LogP contribution in [0.1, 0.15) is 66.7 Å². The smallest absolute Gasteiger partial charge is 0.180 e. The third kappa shape index (κ3) is 4.71. The van der Waals surface area contributed by atoms with Crippen LogP contribution in [0.2, 0.25) is 0 Å². The average molecular weight is 499 g/mol. The highest BCUT2D eigenvalue weighted by Gasteiger charge is 2.46. The fraction of sp³-hybridized carbons (Fsp3) is 0.344. The minimum absolute atomic E-state index is 0.0130. The van der Waals surface area contributed by atoms with Crippen molar-refractivity contribution in [2.45, 2.75) is 58.7 Å². The quantitative estimate of drug-likeness (QED) is 0.348. The lowest BCUT2D eigenvalue weighted by molar-refractivity contribution is 0.0782. The predicted molar refractivity (Wildman–Crippen MR) is 145 cm³/mol. The van der Waals surface area contributed by atoms with Gasteiger partial charge in [-0.1, -0.05) is 43.3 Å². The molecule has 3 aromatic carbocycles. The monoisotopic (exact) mass is 498 g/mol. The van der Waals surface area contributed by atoms with E-state index < -0.39 is 11.0 Å². The Morgan fingerprint density at radius 3 is 2.54 bits per heavy atom. The largest absolute Gasteiger partial charge is 0.493 e. The van der Waals surface area contributed by atoms with Gasteiger partial charge in [-0.25, -0.2) is 0 Å². The summed E-state index contributed by atoms with van der Waals surface area (Å²) in [6.07, 6.45) is 4.90. The molecule has 1 unspecified atom stereocenters. The number of carbonyl (C=O) groups is 1. The molecule has 5 rings (SSSR count). The average Bonchev–Trinajstić information content (AvgIpc) is 2.88. The van der Waals surface area contributed by atoms with Crippen LogP contribution in [0.25, 0.3) is 6.08 Å². The Balaban J connectivity index is 1.54. The summed E-state index contributed by atoms with van der Waals surface area (Å²) >= 11 is 0. The molecular formula is C32H34O5. The maximum absolute atomic E-state index is 14.2. The maximum atomic E-state index is 14.2. The lowest BCUT2D eigenvalue weighted by Gasteiger charge is -2.38. The van der Waals surface area contributed by atoms with Gasteiger partial charge in [0.05, 0.1) is 23.1 Å². The van der Waals surface area contributed by atoms with Gasteiger partial charge in [0.1, 0.15) is 41.8 Å². The Hall–Kier alpha value is -3.73. The van der Waals surface area contributed by atoms with Gasteiger partial charge in [-0.2, -0.15) is 0 Å². The molecule has 1 atom stereocenters. The summed E-state index contributed by atoms with van der Waals surface area (Å²) in [6, 6.07) is 17.7. The first kappa shape index (κ1) is 24.9. The molecule has 2 aliphatic heterocycles. The van der Waals surface area contributed by atoms with Crippen LogP contribution in [0, 0.1) is 6.92 Å². The van der Waals surface area contributed by atoms with E-state index in [9.17, 15) is 4.79 Å². The third-order valence-corrected chi connectivity index (χ3v) is 6.99. The lowest BCUT2D eigenvalue weighted by atomic mass is 9.73. The molecule has 0 saturated carbocycles. The van der Waals surface area contributed by atoms with Crippen molar-refractivity contribution in [3.63, 3.8) is 0 Å². The number of benzene rings is 3. The molecule has 0 bridgehead atoms. The standard InChI is InChI=1S/C32H34O5/c1-6-16-34-23-12-13-25(27(18-23)35-19-22-10-8-7-9-11-22)32(5)20-36-29-24-14-15-31(3,4)37-26(24)17-21(2)28(29)30(32)33/h7-15,17-18H,6,16,19-20H2,1-5H3. The molecule has 0 N–H and O–H groups in total. The molecule has 2 heterocycles. The molecule has 0 spiro atoms. The van der Waals surface area contributed by atoms with Crippen LogP contribution in [0.15, 0.2) is 60.7 Å². The molecule has 0 fully saturated rings. The zero-order valence-corrected chi connectivity index (χ0v) is 22.2. The third-order valence-electron chi connectivity index (χ3n) is 6.99. The molecule has 2 aliphatic rings. The number of ether oxygens (including phenoxy) is 4. The van der Waals surface area contributed by atoms with Gasteiger partial charge < -0.3 is 18.9 Å². The van der Waals surface area contributed by atoms with E-state index in [1.54, 1.807) is 0 Å². The van der Waals surface area contributed by atoms with E-state index in [-0.39, 0.29) is 12.4 Å². The Bertz CT molecular complexity index is 1360. The second-order valence-corrected chi connectivity index (χ2v) is 10.6. The number of Topliss-reactive ketones (excluding diaryl/α,β-unsaturated/α-hetero) is 1. The zero-order chi connectivity index (χ0) is 26.2. The number of hydrogen-bond donors (Lipinski definition) is 0. The number of carbonyl (C=O) groups excluding carboxylic acids is 1. The van der Waals surface area contributed by atoms with Crippen molar-refractivity contribution in [1.29, 1.82) is 0 Å². The first-order chi connectivity index (χ1) is 17.7. The zero-order valence-electron chi connectivity index (χ0n) is 22.2. The maximum Gasteiger partial charge on any atom is 0.180 e. The number of rotatable bonds is 7. The normalized spacial score (nSPS) is 19.3. The summed E-state index contributed by atoms with van der Waals surface area (Å²) in [5.41, 5.74) is 2.75. The molecule has 0 radical (unpaired) electrons. The van der Waals surface area contributed by atoms with E-state index in [4.69, 9.17) is 18.9 Å². The van der Waals surface area contributed by atoms with Gasteiger partial charge in [0.2, 0.25) is 0 Å². The molecule has 37 heavy (non-hydrogen) atoms. The lowest BCUT2D eigenvalue weighted by Crippen LogP contribution is -2.43. The van der Waals surface area contributed by atoms with Crippen molar-refractivity contribution in [2.24, 2.45) is 0 Å². The molecule has 3 aromatic rings. The van der Waals surface area contributed by atoms with Crippen molar-refractivity contribution >= 4 is 11.9 Å². The number of hydrogen-bond acceptors (Lipinski definition) is 5. The molecule has 5 nitrogen and oxygen atoms in total. The highest BCUT2D eigenvalue weighted by atomic mass is 16.5. The van der Waals surface area contributed by atoms with Crippen molar-refractivity contribution in [2.75, 3.05) is 13.2 Å². The summed E-state index contributed by atoms with van der Waals surface area (Å²) in [6.45, 7) is 11.2. The summed E-state index contributed by atoms with van der Waals surface area (Å²) in [5, 5.41) is 0. The fourth-order valence-electron chi connectivity index (χ4n) is 4.93. The fourth-order valence-corrected chi connectivity index (χ4v) is 4.93. The van der Waals surface area contributed by atoms with E-state index in [0.717, 1.165) is 40.2 Å². The first-order valence-electron chi connectivity index (χ1n) is 12.9. The molecule has 0 amide bonds. The Labute approximate surface area is 219 Å². The van der Waals surface area contributed by atoms with E-state index in [2.05, 4.69) is 6.92 Å². The van der Waals surface area contributed by atoms with Crippen molar-refractivity contribution in [3.8, 4) is 23.0 Å². The number of ketones is 1. The van der Waals surface area contributed by atoms with E-state index in [1.807, 2.05) is 94.4 Å². The van der Waals surface area contributed by atoms with Crippen LogP contribution in [0.3, 0.4) is 0 Å². The summed E-state index contributed by atoms with van der Waals surface area (Å²) in [4.78, 5) is 14.2. The minimum Gasteiger partial charge on any atom is -0.493 e. The first-order valence-corrected chi connectivity index (χ1v) is 12.9. The van der Waals surface area contributed by atoms with Gasteiger partial charge in [-0.15, -0.1) is 0 Å². The molecule has 0 aliphatic carbocycles. The van der Waals surface area contributed by atoms with Gasteiger partial charge in [0.25, 0.3) is 0 Å². The molecule has 192 valence electrons. The van der Waals surface area contributed by atoms with Crippen LogP contribution in [-0.2, 0) is 12.0 Å². The predicted octanol–water partition coefficient (Wildman–Crippen LogP) is 7.08. The van der Waals surface area contributed by atoms with E-state index in [0.29, 0.717) is 30.3 Å². The second-order valence-electron chi connectivity index (χ2n) is 10.6. The van der Waals surface area contributed by atoms with Gasteiger partial charge >= 0.3 is 0 Å². The van der Waals surface area contributed by atoms with Crippen LogP contribution >= 0.6 is 0 Å². The topological polar surface area (TPSA) is 54.0 Å². The van der Waals surface area contributed by atoms with Crippen molar-refractivity contribution in [1.82, 2.24) is 0 Å². The Morgan fingerprint density at radius 1 is 1.00 bits per heavy atom. The van der Waals surface area contributed by atoms with Crippen LogP contribution < -0.4 is 18.9 Å². The van der Waals surface area contributed by atoms with Gasteiger partial charge in [0, 0.05) is 11.6 Å². The number of aryl methyl sites for hydroxylation is 1. The van der Waals surface area contributed by atoms with Crippen LogP contribution in [0.5, 0.6) is 23.0 Å². The van der Waals surface area contributed by atoms with Crippen LogP contribution in [0.4, 0.5) is 0 Å². The summed E-state index contributed by atoms with van der Waals surface area (Å²) in [7, 11) is 0. The molecule has 0 saturated heterocycles. The molecular weight excluding hydrogens is 464 g/mol. The van der Waals surface area contributed by atoms with Gasteiger partial charge in [0.15, 0.2) is 5.78 Å². The van der Waals surface area contributed by atoms with E-state index >= 15 is 0 Å². The minimum atomic E-state index is -0.931. The SMILES string of the molecule is CCCOc1ccc(C2(C)COc3c4c(cc(C)c3C2=O)OC(C)(C)C=C4)c(OCc2ccccc2)c1. The van der Waals surface area contributed by atoms with Gasteiger partial charge in [-0.05, 0) is 69.5 Å². The second kappa shape index (κ2) is 9.62. The van der Waals surface area contributed by atoms with Crippen molar-refractivity contribution < 1.29 is 23.7 Å². The Morgan fingerprint density at radius 2 is 1.78 bits per heavy atom. The number of fused-ring (bicyclic) bond motifs is 3. The highest BCUT2D eigenvalue weighted by Crippen LogP contribution is 2.48. The van der Waals surface area contributed by atoms with Crippen molar-refractivity contribution in [3.05, 3.63) is 88.5 Å². The summed E-state index contributed by atoms with van der Waals surface area (Å²) in [5.74, 6) is 2.69. The van der Waals surface area contributed by atoms with Gasteiger partial charge in [-0.3, -0.25) is 4.79 Å². The van der Waals surface area contributed by atoms with E-state index in [1.165, 1.54) is 0 Å². The molecule has 5 heteroatoms. The highest BCUT2D eigenvalue weighted by molar-refractivity contribution is 6.09. The summed E-state index contributed by atoms with van der Waals surface area (Å²) < 4.78 is 24.8. The molecule has 0 aromatic heterocycles. The van der Waals surface area contributed by atoms with Crippen LogP contribution in [-0.4, -0.2) is 24.6 Å². The Kier molecular flexibility index (Phi) is 6.49.